The van der Waals surface area contributed by atoms with Crippen molar-refractivity contribution in [1.29, 1.82) is 0 Å². The minimum Gasteiger partial charge on any atom is -0.496 e. The molecule has 0 saturated carbocycles. The molecule has 2 N–H and O–H groups in total. The number of ketones is 2. The van der Waals surface area contributed by atoms with Crippen LogP contribution in [0.3, 0.4) is 0 Å². The van der Waals surface area contributed by atoms with E-state index < -0.39 is 11.6 Å². The molecule has 0 fully saturated rings. The van der Waals surface area contributed by atoms with E-state index in [0.29, 0.717) is 10.6 Å². The van der Waals surface area contributed by atoms with Gasteiger partial charge in [-0.25, -0.2) is 0 Å². The van der Waals surface area contributed by atoms with Gasteiger partial charge in [-0.2, -0.15) is 0 Å². The molecule has 180 valence electrons. The van der Waals surface area contributed by atoms with Gasteiger partial charge in [-0.15, -0.1) is 0 Å². The Balaban J connectivity index is 1.96. The highest BCUT2D eigenvalue weighted by atomic mass is 35.5. The van der Waals surface area contributed by atoms with Crippen molar-refractivity contribution < 1.29 is 19.4 Å². The average Bonchev–Trinajstić information content (AvgIpc) is 3.32. The number of halogens is 5. The molecular weight excluding hydrogens is 558 g/mol. The van der Waals surface area contributed by atoms with Crippen LogP contribution in [0.1, 0.15) is 37.7 Å². The van der Waals surface area contributed by atoms with E-state index in [0.717, 1.165) is 0 Å². The highest BCUT2D eigenvalue weighted by Gasteiger charge is 2.30. The number of nitrogens with one attached hydrogen (secondary N) is 1. The molecule has 4 rings (SSSR count). The summed E-state index contributed by atoms with van der Waals surface area (Å²) >= 11 is 31.7. The number of aliphatic hydroxyl groups excluding tert-OH is 1. The lowest BCUT2D eigenvalue weighted by atomic mass is 10.0. The van der Waals surface area contributed by atoms with E-state index in [4.69, 9.17) is 62.7 Å². The summed E-state index contributed by atoms with van der Waals surface area (Å²) in [5.41, 5.74) is 0.704. The lowest BCUT2D eigenvalue weighted by Crippen LogP contribution is -2.14. The number of aromatic nitrogens is 2. The van der Waals surface area contributed by atoms with Gasteiger partial charge in [0.25, 0.3) is 0 Å². The average molecular weight is 573 g/mol. The predicted octanol–water partition coefficient (Wildman–Crippen LogP) is 7.04. The van der Waals surface area contributed by atoms with Crippen molar-refractivity contribution in [3.63, 3.8) is 0 Å². The standard InChI is InChI=1S/C24H15Cl5N2O4/c1-35-17-7-6-12(25)8-14(17)21(33)16-9-15(26)24(29)31(16)20-18(27)23(28)30-19(20)22(34)13-5-3-2-4-11(13)10-32/h2-9,30,32H,10H2,1H3. The van der Waals surface area contributed by atoms with E-state index in [1.165, 1.54) is 23.8 Å². The molecule has 0 aliphatic carbocycles. The topological polar surface area (TPSA) is 84.3 Å². The predicted molar refractivity (Wildman–Crippen MR) is 137 cm³/mol. The number of H-pyrrole nitrogens is 1. The third kappa shape index (κ3) is 4.58. The van der Waals surface area contributed by atoms with Gasteiger partial charge in [0.2, 0.25) is 11.6 Å². The monoisotopic (exact) mass is 570 g/mol. The van der Waals surface area contributed by atoms with E-state index >= 15 is 0 Å². The number of hydrogen-bond acceptors (Lipinski definition) is 4. The number of benzene rings is 2. The van der Waals surface area contributed by atoms with Crippen LogP contribution >= 0.6 is 58.0 Å². The molecule has 6 nitrogen and oxygen atoms in total. The maximum Gasteiger partial charge on any atom is 0.213 e. The highest BCUT2D eigenvalue weighted by Crippen LogP contribution is 2.40. The van der Waals surface area contributed by atoms with Gasteiger partial charge in [-0.05, 0) is 29.8 Å². The lowest BCUT2D eigenvalue weighted by Gasteiger charge is -2.14. The Bertz CT molecular complexity index is 1480. The molecule has 4 aromatic rings. The molecular formula is C24H15Cl5N2O4. The van der Waals surface area contributed by atoms with Crippen molar-refractivity contribution in [3.8, 4) is 11.4 Å². The first-order valence-electron chi connectivity index (χ1n) is 9.95. The number of methoxy groups -OCH3 is 1. The number of nitrogens with zero attached hydrogens (tertiary/aromatic N) is 1. The molecule has 2 aromatic carbocycles. The van der Waals surface area contributed by atoms with Crippen molar-refractivity contribution in [2.24, 2.45) is 0 Å². The molecule has 0 radical (unpaired) electrons. The maximum atomic E-state index is 13.6. The first kappa shape index (κ1) is 25.6. The summed E-state index contributed by atoms with van der Waals surface area (Å²) in [6, 6.07) is 12.4. The van der Waals surface area contributed by atoms with Gasteiger partial charge < -0.3 is 14.8 Å². The second-order valence-corrected chi connectivity index (χ2v) is 9.26. The molecule has 0 unspecified atom stereocenters. The van der Waals surface area contributed by atoms with Gasteiger partial charge in [0.15, 0.2) is 0 Å². The molecule has 2 heterocycles. The van der Waals surface area contributed by atoms with Crippen molar-refractivity contribution in [3.05, 3.63) is 102 Å². The fourth-order valence-electron chi connectivity index (χ4n) is 3.66. The summed E-state index contributed by atoms with van der Waals surface area (Å²) in [4.78, 5) is 29.9. The maximum absolute atomic E-state index is 13.6. The number of carbonyl (C=O) groups excluding carboxylic acids is 2. The van der Waals surface area contributed by atoms with Crippen molar-refractivity contribution in [2.45, 2.75) is 6.61 Å². The smallest absolute Gasteiger partial charge is 0.213 e. The number of hydrogen-bond donors (Lipinski definition) is 2. The fourth-order valence-corrected chi connectivity index (χ4v) is 4.66. The Morgan fingerprint density at radius 2 is 1.69 bits per heavy atom. The molecule has 0 bridgehead atoms. The van der Waals surface area contributed by atoms with Crippen LogP contribution in [0, 0.1) is 0 Å². The van der Waals surface area contributed by atoms with E-state index in [-0.39, 0.29) is 60.9 Å². The van der Waals surface area contributed by atoms with Gasteiger partial charge >= 0.3 is 0 Å². The van der Waals surface area contributed by atoms with E-state index in [9.17, 15) is 14.7 Å². The van der Waals surface area contributed by atoms with Crippen LogP contribution in [0.5, 0.6) is 5.75 Å². The molecule has 0 amide bonds. The quantitative estimate of drug-likeness (QED) is 0.233. The fraction of sp³-hybridized carbons (Fsp3) is 0.0833. The van der Waals surface area contributed by atoms with E-state index in [1.54, 1.807) is 36.4 Å². The number of rotatable bonds is 7. The van der Waals surface area contributed by atoms with Gasteiger partial charge in [-0.1, -0.05) is 82.3 Å². The summed E-state index contributed by atoms with van der Waals surface area (Å²) in [6.45, 7) is -0.367. The summed E-state index contributed by atoms with van der Waals surface area (Å²) < 4.78 is 6.56. The van der Waals surface area contributed by atoms with Crippen LogP contribution in [-0.4, -0.2) is 33.3 Å². The number of aromatic amines is 1. The Kier molecular flexibility index (Phi) is 7.52. The largest absolute Gasteiger partial charge is 0.496 e. The Morgan fingerprint density at radius 1 is 0.971 bits per heavy atom. The second-order valence-electron chi connectivity index (χ2n) is 7.30. The number of ether oxygens (including phenoxy) is 1. The zero-order chi connectivity index (χ0) is 25.4. The molecule has 11 heteroatoms. The number of carbonyl (C=O) groups is 2. The Morgan fingerprint density at radius 3 is 2.37 bits per heavy atom. The molecule has 0 aliphatic heterocycles. The number of aliphatic hydroxyl groups is 1. The molecule has 35 heavy (non-hydrogen) atoms. The van der Waals surface area contributed by atoms with Crippen molar-refractivity contribution >= 4 is 69.6 Å². The second kappa shape index (κ2) is 10.3. The molecule has 0 aliphatic rings. The molecule has 0 saturated heterocycles. The third-order valence-corrected chi connectivity index (χ3v) is 7.03. The van der Waals surface area contributed by atoms with Crippen molar-refractivity contribution in [2.75, 3.05) is 7.11 Å². The van der Waals surface area contributed by atoms with Gasteiger partial charge in [0.1, 0.15) is 26.8 Å². The van der Waals surface area contributed by atoms with Crippen LogP contribution in [0.4, 0.5) is 0 Å². The third-order valence-electron chi connectivity index (χ3n) is 5.29. The normalized spacial score (nSPS) is 11.1. The first-order chi connectivity index (χ1) is 16.7. The SMILES string of the molecule is COc1ccc(Cl)cc1C(=O)c1cc(Cl)c(Cl)n1-c1c(C(=O)c2ccccc2CO)[nH]c(Cl)c1Cl. The van der Waals surface area contributed by atoms with Gasteiger partial charge in [0, 0.05) is 10.6 Å². The van der Waals surface area contributed by atoms with Gasteiger partial charge in [-0.3, -0.25) is 14.2 Å². The first-order valence-corrected chi connectivity index (χ1v) is 11.8. The Hall–Kier alpha value is -2.45. The van der Waals surface area contributed by atoms with Crippen LogP contribution < -0.4 is 4.74 Å². The minimum atomic E-state index is -0.541. The van der Waals surface area contributed by atoms with E-state index in [2.05, 4.69) is 4.98 Å². The Labute approximate surface area is 224 Å². The van der Waals surface area contributed by atoms with Crippen LogP contribution in [-0.2, 0) is 6.61 Å². The minimum absolute atomic E-state index is 0.0115. The zero-order valence-electron chi connectivity index (χ0n) is 17.8. The summed E-state index contributed by atoms with van der Waals surface area (Å²) in [5, 5.41) is 9.87. The van der Waals surface area contributed by atoms with E-state index in [1.807, 2.05) is 0 Å². The molecule has 0 atom stereocenters. The summed E-state index contributed by atoms with van der Waals surface area (Å²) in [6.07, 6.45) is 0. The summed E-state index contributed by atoms with van der Waals surface area (Å²) in [7, 11) is 1.41. The van der Waals surface area contributed by atoms with Crippen molar-refractivity contribution in [1.82, 2.24) is 9.55 Å². The summed E-state index contributed by atoms with van der Waals surface area (Å²) in [5.74, 6) is -0.801. The van der Waals surface area contributed by atoms with Crippen LogP contribution in [0.15, 0.2) is 48.5 Å². The zero-order valence-corrected chi connectivity index (χ0v) is 21.6. The highest BCUT2D eigenvalue weighted by molar-refractivity contribution is 6.45. The van der Waals surface area contributed by atoms with Gasteiger partial charge in [0.05, 0.1) is 35.7 Å². The molecule has 0 spiro atoms. The molecule has 2 aromatic heterocycles. The van der Waals surface area contributed by atoms with Crippen LogP contribution in [0.2, 0.25) is 25.4 Å². The lowest BCUT2D eigenvalue weighted by molar-refractivity contribution is 0.101. The van der Waals surface area contributed by atoms with Crippen LogP contribution in [0.25, 0.3) is 5.69 Å².